The summed E-state index contributed by atoms with van der Waals surface area (Å²) in [6.45, 7) is 0.863. The Hall–Kier alpha value is -0.940. The fourth-order valence-electron chi connectivity index (χ4n) is 1.10. The predicted octanol–water partition coefficient (Wildman–Crippen LogP) is 0.573. The number of nitrogens with zero attached hydrogens (tertiary/aromatic N) is 2. The van der Waals surface area contributed by atoms with Gasteiger partial charge in [0.1, 0.15) is 0 Å². The largest absolute Gasteiger partial charge is 0.396 e. The van der Waals surface area contributed by atoms with E-state index in [0.717, 1.165) is 18.7 Å². The van der Waals surface area contributed by atoms with Gasteiger partial charge in [0.2, 0.25) is 5.89 Å². The maximum atomic E-state index is 8.60. The lowest BCUT2D eigenvalue weighted by molar-refractivity contribution is 0.194. The van der Waals surface area contributed by atoms with Gasteiger partial charge in [0.05, 0.1) is 0 Å². The number of ether oxygens (including phenoxy) is 1. The van der Waals surface area contributed by atoms with E-state index >= 15 is 0 Å². The van der Waals surface area contributed by atoms with E-state index in [4.69, 9.17) is 14.4 Å². The Morgan fingerprint density at radius 3 is 2.93 bits per heavy atom. The van der Waals surface area contributed by atoms with Crippen LogP contribution in [0, 0.1) is 0 Å². The summed E-state index contributed by atoms with van der Waals surface area (Å²) in [5.41, 5.74) is 0. The summed E-state index contributed by atoms with van der Waals surface area (Å²) in [6, 6.07) is 0. The van der Waals surface area contributed by atoms with Gasteiger partial charge in [-0.05, 0) is 12.8 Å². The van der Waals surface area contributed by atoms with Crippen molar-refractivity contribution >= 4 is 0 Å². The Labute approximate surface area is 83.1 Å². The van der Waals surface area contributed by atoms with E-state index in [1.807, 2.05) is 0 Å². The zero-order valence-electron chi connectivity index (χ0n) is 8.40. The fourth-order valence-corrected chi connectivity index (χ4v) is 1.10. The first kappa shape index (κ1) is 11.1. The van der Waals surface area contributed by atoms with Crippen molar-refractivity contribution in [3.63, 3.8) is 0 Å². The molecule has 0 aliphatic carbocycles. The van der Waals surface area contributed by atoms with Crippen LogP contribution >= 0.6 is 0 Å². The summed E-state index contributed by atoms with van der Waals surface area (Å²) in [7, 11) is 1.67. The molecule has 0 saturated carbocycles. The topological polar surface area (TPSA) is 68.4 Å². The fraction of sp³-hybridized carbons (Fsp3) is 0.778. The van der Waals surface area contributed by atoms with Gasteiger partial charge in [-0.15, -0.1) is 0 Å². The van der Waals surface area contributed by atoms with Crippen LogP contribution in [-0.2, 0) is 17.6 Å². The summed E-state index contributed by atoms with van der Waals surface area (Å²) in [5.74, 6) is 1.32. The van der Waals surface area contributed by atoms with Crippen molar-refractivity contribution in [3.8, 4) is 0 Å². The minimum atomic E-state index is 0.154. The van der Waals surface area contributed by atoms with Crippen molar-refractivity contribution < 1.29 is 14.4 Å². The molecule has 0 aliphatic heterocycles. The molecule has 0 atom stereocenters. The number of hydrogen-bond acceptors (Lipinski definition) is 5. The number of rotatable bonds is 7. The molecule has 5 nitrogen and oxygen atoms in total. The van der Waals surface area contributed by atoms with Crippen LogP contribution < -0.4 is 0 Å². The van der Waals surface area contributed by atoms with Crippen LogP contribution in [0.4, 0.5) is 0 Å². The van der Waals surface area contributed by atoms with Gasteiger partial charge in [0, 0.05) is 33.2 Å². The van der Waals surface area contributed by atoms with Gasteiger partial charge in [-0.1, -0.05) is 5.16 Å². The number of methoxy groups -OCH3 is 1. The van der Waals surface area contributed by atoms with E-state index in [9.17, 15) is 0 Å². The number of aliphatic hydroxyl groups excluding tert-OH is 1. The molecule has 0 bridgehead atoms. The molecule has 0 aliphatic rings. The Morgan fingerprint density at radius 2 is 2.21 bits per heavy atom. The molecule has 1 rings (SSSR count). The summed E-state index contributed by atoms with van der Waals surface area (Å²) in [6.07, 6.45) is 2.99. The molecule has 1 heterocycles. The third kappa shape index (κ3) is 3.85. The van der Waals surface area contributed by atoms with E-state index < -0.39 is 0 Å². The van der Waals surface area contributed by atoms with E-state index in [2.05, 4.69) is 10.1 Å². The van der Waals surface area contributed by atoms with Crippen LogP contribution in [0.15, 0.2) is 4.52 Å². The lowest BCUT2D eigenvalue weighted by Gasteiger charge is -1.93. The first-order valence-corrected chi connectivity index (χ1v) is 4.78. The molecule has 0 amide bonds. The summed E-state index contributed by atoms with van der Waals surface area (Å²) < 4.78 is 9.90. The van der Waals surface area contributed by atoms with Gasteiger partial charge < -0.3 is 14.4 Å². The third-order valence-electron chi connectivity index (χ3n) is 1.81. The van der Waals surface area contributed by atoms with Crippen LogP contribution in [0.2, 0.25) is 0 Å². The number of aryl methyl sites for hydroxylation is 2. The first-order chi connectivity index (χ1) is 6.86. The van der Waals surface area contributed by atoms with Crippen LogP contribution in [0.25, 0.3) is 0 Å². The molecule has 1 N–H and O–H groups in total. The van der Waals surface area contributed by atoms with E-state index in [0.29, 0.717) is 25.3 Å². The van der Waals surface area contributed by atoms with Crippen molar-refractivity contribution in [3.05, 3.63) is 11.7 Å². The molecule has 0 spiro atoms. The van der Waals surface area contributed by atoms with Gasteiger partial charge in [0.15, 0.2) is 5.82 Å². The Balaban J connectivity index is 2.27. The molecular weight excluding hydrogens is 184 g/mol. The summed E-state index contributed by atoms with van der Waals surface area (Å²) in [5, 5.41) is 12.4. The Morgan fingerprint density at radius 1 is 1.36 bits per heavy atom. The van der Waals surface area contributed by atoms with Gasteiger partial charge in [-0.3, -0.25) is 0 Å². The molecule has 0 fully saturated rings. The molecule has 80 valence electrons. The smallest absolute Gasteiger partial charge is 0.226 e. The molecule has 0 unspecified atom stereocenters. The number of hydrogen-bond donors (Lipinski definition) is 1. The second-order valence-electron chi connectivity index (χ2n) is 3.03. The van der Waals surface area contributed by atoms with Crippen molar-refractivity contribution in [2.75, 3.05) is 20.3 Å². The van der Waals surface area contributed by atoms with E-state index in [1.54, 1.807) is 7.11 Å². The summed E-state index contributed by atoms with van der Waals surface area (Å²) in [4.78, 5) is 4.18. The standard InChI is InChI=1S/C9H16N2O3/c1-13-7-3-4-8-10-9(14-11-8)5-2-6-12/h12H,2-7H2,1H3. The van der Waals surface area contributed by atoms with Gasteiger partial charge in [-0.2, -0.15) is 4.98 Å². The number of aliphatic hydroxyl groups is 1. The molecule has 1 aromatic heterocycles. The van der Waals surface area contributed by atoms with Crippen molar-refractivity contribution in [1.82, 2.24) is 10.1 Å². The predicted molar refractivity (Wildman–Crippen MR) is 49.9 cm³/mol. The van der Waals surface area contributed by atoms with Crippen LogP contribution in [-0.4, -0.2) is 35.6 Å². The highest BCUT2D eigenvalue weighted by molar-refractivity contribution is 4.86. The second kappa shape index (κ2) is 6.50. The van der Waals surface area contributed by atoms with Crippen molar-refractivity contribution in [2.24, 2.45) is 0 Å². The van der Waals surface area contributed by atoms with Crippen LogP contribution in [0.1, 0.15) is 24.6 Å². The molecule has 0 radical (unpaired) electrons. The molecule has 0 saturated heterocycles. The van der Waals surface area contributed by atoms with Crippen LogP contribution in [0.5, 0.6) is 0 Å². The third-order valence-corrected chi connectivity index (χ3v) is 1.81. The first-order valence-electron chi connectivity index (χ1n) is 4.78. The Bertz CT molecular complexity index is 250. The zero-order chi connectivity index (χ0) is 10.2. The van der Waals surface area contributed by atoms with Gasteiger partial charge >= 0.3 is 0 Å². The van der Waals surface area contributed by atoms with E-state index in [1.165, 1.54) is 0 Å². The summed E-state index contributed by atoms with van der Waals surface area (Å²) >= 11 is 0. The average molecular weight is 200 g/mol. The maximum absolute atomic E-state index is 8.60. The normalized spacial score (nSPS) is 10.7. The highest BCUT2D eigenvalue weighted by atomic mass is 16.5. The van der Waals surface area contributed by atoms with E-state index in [-0.39, 0.29) is 6.61 Å². The zero-order valence-corrected chi connectivity index (χ0v) is 8.40. The van der Waals surface area contributed by atoms with Crippen molar-refractivity contribution in [2.45, 2.75) is 25.7 Å². The maximum Gasteiger partial charge on any atom is 0.226 e. The Kier molecular flexibility index (Phi) is 5.17. The van der Waals surface area contributed by atoms with Gasteiger partial charge in [-0.25, -0.2) is 0 Å². The molecule has 0 aromatic carbocycles. The number of aromatic nitrogens is 2. The van der Waals surface area contributed by atoms with Crippen LogP contribution in [0.3, 0.4) is 0 Å². The molecule has 14 heavy (non-hydrogen) atoms. The molecular formula is C9H16N2O3. The minimum absolute atomic E-state index is 0.154. The quantitative estimate of drug-likeness (QED) is 0.652. The monoisotopic (exact) mass is 200 g/mol. The second-order valence-corrected chi connectivity index (χ2v) is 3.03. The SMILES string of the molecule is COCCCc1noc(CCCO)n1. The lowest BCUT2D eigenvalue weighted by atomic mass is 10.3. The average Bonchev–Trinajstić information content (AvgIpc) is 2.63. The molecule has 5 heteroatoms. The highest BCUT2D eigenvalue weighted by Crippen LogP contribution is 2.02. The highest BCUT2D eigenvalue weighted by Gasteiger charge is 2.04. The van der Waals surface area contributed by atoms with Gasteiger partial charge in [0.25, 0.3) is 0 Å². The minimum Gasteiger partial charge on any atom is -0.396 e. The lowest BCUT2D eigenvalue weighted by Crippen LogP contribution is -1.95. The van der Waals surface area contributed by atoms with Crippen molar-refractivity contribution in [1.29, 1.82) is 0 Å². The molecule has 1 aromatic rings.